The Bertz CT molecular complexity index is 225. The van der Waals surface area contributed by atoms with Crippen molar-refractivity contribution in [3.63, 3.8) is 0 Å². The summed E-state index contributed by atoms with van der Waals surface area (Å²) in [6, 6.07) is 0. The lowest BCUT2D eigenvalue weighted by Gasteiger charge is -2.30. The van der Waals surface area contributed by atoms with Crippen LogP contribution in [0.4, 0.5) is 5.82 Å². The second-order valence-corrected chi connectivity index (χ2v) is 4.23. The van der Waals surface area contributed by atoms with Gasteiger partial charge in [-0.25, -0.2) is 4.98 Å². The first kappa shape index (κ1) is 8.05. The van der Waals surface area contributed by atoms with Crippen molar-refractivity contribution >= 4 is 17.2 Å². The van der Waals surface area contributed by atoms with Gasteiger partial charge in [0, 0.05) is 18.5 Å². The summed E-state index contributed by atoms with van der Waals surface area (Å²) in [5, 5.41) is 2.13. The average Bonchev–Trinajstić information content (AvgIpc) is 2.58. The molecule has 0 saturated carbocycles. The summed E-state index contributed by atoms with van der Waals surface area (Å²) in [7, 11) is 0. The van der Waals surface area contributed by atoms with E-state index in [1.165, 1.54) is 31.7 Å². The lowest BCUT2D eigenvalue weighted by molar-refractivity contribution is 0.437. The van der Waals surface area contributed by atoms with Crippen LogP contribution in [0.5, 0.6) is 0 Å². The second kappa shape index (κ2) is 3.44. The van der Waals surface area contributed by atoms with Crippen molar-refractivity contribution in [2.24, 2.45) is 5.92 Å². The minimum Gasteiger partial charge on any atom is -0.356 e. The van der Waals surface area contributed by atoms with Crippen molar-refractivity contribution in [3.05, 3.63) is 10.9 Å². The van der Waals surface area contributed by atoms with Crippen LogP contribution in [0, 0.1) is 5.92 Å². The van der Waals surface area contributed by atoms with Crippen LogP contribution < -0.4 is 4.90 Å². The summed E-state index contributed by atoms with van der Waals surface area (Å²) in [5.41, 5.74) is 1.91. The minimum absolute atomic E-state index is 0.903. The molecule has 66 valence electrons. The predicted molar refractivity (Wildman–Crippen MR) is 52.7 cm³/mol. The van der Waals surface area contributed by atoms with Crippen molar-refractivity contribution in [3.8, 4) is 0 Å². The Kier molecular flexibility index (Phi) is 2.30. The van der Waals surface area contributed by atoms with Gasteiger partial charge in [0.05, 0.1) is 5.51 Å². The van der Waals surface area contributed by atoms with Crippen molar-refractivity contribution in [1.29, 1.82) is 0 Å². The van der Waals surface area contributed by atoms with Gasteiger partial charge >= 0.3 is 0 Å². The molecule has 0 atom stereocenters. The smallest absolute Gasteiger partial charge is 0.139 e. The van der Waals surface area contributed by atoms with E-state index in [1.807, 2.05) is 5.51 Å². The van der Waals surface area contributed by atoms with Crippen LogP contribution in [-0.4, -0.2) is 18.1 Å². The SMILES string of the molecule is CC1CCN(c2cscn2)CC1. The van der Waals surface area contributed by atoms with Crippen molar-refractivity contribution in [2.75, 3.05) is 18.0 Å². The van der Waals surface area contributed by atoms with Gasteiger partial charge in [0.25, 0.3) is 0 Å². The summed E-state index contributed by atoms with van der Waals surface area (Å²) in [4.78, 5) is 6.69. The number of rotatable bonds is 1. The van der Waals surface area contributed by atoms with Gasteiger partial charge in [-0.1, -0.05) is 6.92 Å². The molecule has 1 aliphatic rings. The monoisotopic (exact) mass is 182 g/mol. The highest BCUT2D eigenvalue weighted by molar-refractivity contribution is 7.07. The standard InChI is InChI=1S/C9H14N2S/c1-8-2-4-11(5-3-8)9-6-12-7-10-9/h6-8H,2-5H2,1H3. The largest absolute Gasteiger partial charge is 0.356 e. The third-order valence-electron chi connectivity index (χ3n) is 2.53. The quantitative estimate of drug-likeness (QED) is 0.663. The van der Waals surface area contributed by atoms with Gasteiger partial charge in [-0.05, 0) is 18.8 Å². The number of hydrogen-bond acceptors (Lipinski definition) is 3. The first-order chi connectivity index (χ1) is 5.86. The molecule has 3 heteroatoms. The summed E-state index contributed by atoms with van der Waals surface area (Å²) in [6.07, 6.45) is 2.63. The lowest BCUT2D eigenvalue weighted by atomic mass is 9.99. The van der Waals surface area contributed by atoms with Gasteiger partial charge in [-0.2, -0.15) is 0 Å². The Morgan fingerprint density at radius 1 is 1.50 bits per heavy atom. The predicted octanol–water partition coefficient (Wildman–Crippen LogP) is 2.38. The number of thiazole rings is 1. The van der Waals surface area contributed by atoms with E-state index in [1.54, 1.807) is 11.3 Å². The highest BCUT2D eigenvalue weighted by Crippen LogP contribution is 2.22. The Hall–Kier alpha value is -0.570. The molecule has 0 N–H and O–H groups in total. The van der Waals surface area contributed by atoms with Gasteiger partial charge in [-0.3, -0.25) is 0 Å². The number of aromatic nitrogens is 1. The highest BCUT2D eigenvalue weighted by atomic mass is 32.1. The molecule has 0 aromatic carbocycles. The van der Waals surface area contributed by atoms with E-state index in [2.05, 4.69) is 22.2 Å². The molecule has 1 aromatic heterocycles. The van der Waals surface area contributed by atoms with Crippen LogP contribution in [0.15, 0.2) is 10.9 Å². The van der Waals surface area contributed by atoms with Gasteiger partial charge in [-0.15, -0.1) is 11.3 Å². The van der Waals surface area contributed by atoms with E-state index >= 15 is 0 Å². The molecule has 1 fully saturated rings. The molecule has 1 aliphatic heterocycles. The maximum Gasteiger partial charge on any atom is 0.139 e. The van der Waals surface area contributed by atoms with E-state index in [-0.39, 0.29) is 0 Å². The first-order valence-corrected chi connectivity index (χ1v) is 5.43. The number of hydrogen-bond donors (Lipinski definition) is 0. The van der Waals surface area contributed by atoms with E-state index in [4.69, 9.17) is 0 Å². The van der Waals surface area contributed by atoms with Gasteiger partial charge in [0.1, 0.15) is 5.82 Å². The molecule has 2 heterocycles. The Labute approximate surface area is 77.2 Å². The first-order valence-electron chi connectivity index (χ1n) is 4.49. The molecular weight excluding hydrogens is 168 g/mol. The van der Waals surface area contributed by atoms with Crippen LogP contribution in [0.3, 0.4) is 0 Å². The summed E-state index contributed by atoms with van der Waals surface area (Å²) in [5.74, 6) is 2.08. The summed E-state index contributed by atoms with van der Waals surface area (Å²) >= 11 is 1.68. The van der Waals surface area contributed by atoms with Crippen molar-refractivity contribution < 1.29 is 0 Å². The van der Waals surface area contributed by atoms with E-state index in [9.17, 15) is 0 Å². The molecule has 0 aliphatic carbocycles. The van der Waals surface area contributed by atoms with Crippen LogP contribution in [0.1, 0.15) is 19.8 Å². The third-order valence-corrected chi connectivity index (χ3v) is 3.10. The molecule has 2 nitrogen and oxygen atoms in total. The molecule has 1 saturated heterocycles. The molecule has 2 rings (SSSR count). The normalized spacial score (nSPS) is 19.9. The molecule has 0 unspecified atom stereocenters. The summed E-state index contributed by atoms with van der Waals surface area (Å²) in [6.45, 7) is 4.70. The number of anilines is 1. The van der Waals surface area contributed by atoms with Crippen LogP contribution in [0.2, 0.25) is 0 Å². The maximum atomic E-state index is 4.31. The molecule has 12 heavy (non-hydrogen) atoms. The fourth-order valence-corrected chi connectivity index (χ4v) is 2.16. The van der Waals surface area contributed by atoms with Gasteiger partial charge < -0.3 is 4.90 Å². The molecule has 0 radical (unpaired) electrons. The van der Waals surface area contributed by atoms with Gasteiger partial charge in [0.2, 0.25) is 0 Å². The van der Waals surface area contributed by atoms with Crippen molar-refractivity contribution in [2.45, 2.75) is 19.8 Å². The molecule has 1 aromatic rings. The second-order valence-electron chi connectivity index (χ2n) is 3.52. The highest BCUT2D eigenvalue weighted by Gasteiger charge is 2.16. The van der Waals surface area contributed by atoms with Crippen LogP contribution >= 0.6 is 11.3 Å². The summed E-state index contributed by atoms with van der Waals surface area (Å²) < 4.78 is 0. The Balaban J connectivity index is 1.99. The van der Waals surface area contributed by atoms with Crippen molar-refractivity contribution in [1.82, 2.24) is 4.98 Å². The van der Waals surface area contributed by atoms with Crippen LogP contribution in [-0.2, 0) is 0 Å². The van der Waals surface area contributed by atoms with E-state index in [0.29, 0.717) is 0 Å². The zero-order valence-corrected chi connectivity index (χ0v) is 8.18. The third kappa shape index (κ3) is 1.61. The number of piperidine rings is 1. The minimum atomic E-state index is 0.903. The molecule has 0 spiro atoms. The Morgan fingerprint density at radius 2 is 2.25 bits per heavy atom. The molecular formula is C9H14N2S. The van der Waals surface area contributed by atoms with Crippen LogP contribution in [0.25, 0.3) is 0 Å². The Morgan fingerprint density at radius 3 is 2.83 bits per heavy atom. The lowest BCUT2D eigenvalue weighted by Crippen LogP contribution is -2.32. The fraction of sp³-hybridized carbons (Fsp3) is 0.667. The van der Waals surface area contributed by atoms with E-state index in [0.717, 1.165) is 5.92 Å². The van der Waals surface area contributed by atoms with E-state index < -0.39 is 0 Å². The van der Waals surface area contributed by atoms with Gasteiger partial charge in [0.15, 0.2) is 0 Å². The number of nitrogens with zero attached hydrogens (tertiary/aromatic N) is 2. The maximum absolute atomic E-state index is 4.31. The zero-order chi connectivity index (χ0) is 8.39. The molecule has 0 bridgehead atoms. The fourth-order valence-electron chi connectivity index (χ4n) is 1.60. The average molecular weight is 182 g/mol. The topological polar surface area (TPSA) is 16.1 Å². The zero-order valence-electron chi connectivity index (χ0n) is 7.36. The molecule has 0 amide bonds.